The Morgan fingerprint density at radius 1 is 0.622 bits per heavy atom. The standard InChI is InChI=1S/C40H67NO4/c1-3-5-7-8-9-10-11-13-17-20-23-26-30-34-39(44)38(36-42)41-40(45)35-31-27-24-21-18-15-12-14-16-19-22-25-29-33-37(43)32-28-6-4-2/h6,14-16,18,22,24-25,27-30,33-34,37-39,42-44H,3-5,7-13,17,19-21,23,26,31-32,35-36H2,1-2H3,(H,41,45)/b16-14-,18-15-,25-22+,27-24-,28-6-,33-29+,34-30+/t37?,38-,39+/m0/s1. The van der Waals surface area contributed by atoms with Crippen molar-refractivity contribution < 1.29 is 20.1 Å². The Morgan fingerprint density at radius 2 is 1.20 bits per heavy atom. The summed E-state index contributed by atoms with van der Waals surface area (Å²) in [5.41, 5.74) is 0. The van der Waals surface area contributed by atoms with Gasteiger partial charge < -0.3 is 20.6 Å². The van der Waals surface area contributed by atoms with E-state index in [1.54, 1.807) is 12.2 Å². The van der Waals surface area contributed by atoms with E-state index in [4.69, 9.17) is 0 Å². The van der Waals surface area contributed by atoms with Crippen molar-refractivity contribution in [2.45, 2.75) is 154 Å². The molecule has 0 aromatic heterocycles. The predicted molar refractivity (Wildman–Crippen MR) is 194 cm³/mol. The van der Waals surface area contributed by atoms with E-state index in [-0.39, 0.29) is 12.5 Å². The van der Waals surface area contributed by atoms with E-state index in [9.17, 15) is 20.1 Å². The molecule has 0 spiro atoms. The van der Waals surface area contributed by atoms with Gasteiger partial charge in [0.2, 0.25) is 5.91 Å². The van der Waals surface area contributed by atoms with Crippen LogP contribution >= 0.6 is 0 Å². The monoisotopic (exact) mass is 626 g/mol. The van der Waals surface area contributed by atoms with Gasteiger partial charge in [0.05, 0.1) is 24.9 Å². The third-order valence-electron chi connectivity index (χ3n) is 7.48. The number of allylic oxidation sites excluding steroid dienone is 11. The molecule has 256 valence electrons. The second kappa shape index (κ2) is 34.4. The number of carbonyl (C=O) groups excluding carboxylic acids is 1. The van der Waals surface area contributed by atoms with Crippen molar-refractivity contribution in [3.8, 4) is 0 Å². The van der Waals surface area contributed by atoms with Crippen LogP contribution in [0.2, 0.25) is 0 Å². The quantitative estimate of drug-likeness (QED) is 0.0364. The highest BCUT2D eigenvalue weighted by atomic mass is 16.3. The number of hydrogen-bond donors (Lipinski definition) is 4. The second-order valence-corrected chi connectivity index (χ2v) is 11.8. The summed E-state index contributed by atoms with van der Waals surface area (Å²) in [6.07, 6.45) is 47.1. The third kappa shape index (κ3) is 31.3. The maximum absolute atomic E-state index is 12.3. The minimum absolute atomic E-state index is 0.165. The third-order valence-corrected chi connectivity index (χ3v) is 7.48. The van der Waals surface area contributed by atoms with Crippen molar-refractivity contribution in [1.82, 2.24) is 5.32 Å². The molecule has 1 amide bonds. The van der Waals surface area contributed by atoms with Gasteiger partial charge in [0, 0.05) is 6.42 Å². The van der Waals surface area contributed by atoms with Crippen molar-refractivity contribution in [1.29, 1.82) is 0 Å². The van der Waals surface area contributed by atoms with Crippen LogP contribution in [0.1, 0.15) is 136 Å². The lowest BCUT2D eigenvalue weighted by molar-refractivity contribution is -0.122. The van der Waals surface area contributed by atoms with E-state index in [1.165, 1.54) is 64.2 Å². The molecule has 5 nitrogen and oxygen atoms in total. The number of amides is 1. The summed E-state index contributed by atoms with van der Waals surface area (Å²) in [6.45, 7) is 4.04. The Labute approximate surface area is 276 Å². The lowest BCUT2D eigenvalue weighted by atomic mass is 10.0. The topological polar surface area (TPSA) is 89.8 Å². The van der Waals surface area contributed by atoms with Gasteiger partial charge in [0.1, 0.15) is 0 Å². The molecule has 4 N–H and O–H groups in total. The summed E-state index contributed by atoms with van der Waals surface area (Å²) in [4.78, 5) is 12.3. The molecule has 3 atom stereocenters. The Bertz CT molecular complexity index is 868. The fourth-order valence-electron chi connectivity index (χ4n) is 4.69. The number of aliphatic hydroxyl groups excluding tert-OH is 3. The molecule has 0 radical (unpaired) electrons. The smallest absolute Gasteiger partial charge is 0.220 e. The highest BCUT2D eigenvalue weighted by molar-refractivity contribution is 5.76. The average Bonchev–Trinajstić information content (AvgIpc) is 3.03. The molecular weight excluding hydrogens is 558 g/mol. The summed E-state index contributed by atoms with van der Waals surface area (Å²) in [5.74, 6) is -0.165. The Hall–Kier alpha value is -2.47. The highest BCUT2D eigenvalue weighted by Gasteiger charge is 2.17. The molecule has 45 heavy (non-hydrogen) atoms. The molecule has 0 aliphatic rings. The average molecular weight is 626 g/mol. The lowest BCUT2D eigenvalue weighted by Crippen LogP contribution is -2.45. The molecule has 0 aromatic rings. The van der Waals surface area contributed by atoms with Crippen LogP contribution < -0.4 is 5.32 Å². The zero-order valence-electron chi connectivity index (χ0n) is 28.7. The molecule has 0 aromatic carbocycles. The molecule has 5 heteroatoms. The minimum Gasteiger partial charge on any atom is -0.394 e. The molecule has 0 rings (SSSR count). The summed E-state index contributed by atoms with van der Waals surface area (Å²) in [5, 5.41) is 32.6. The summed E-state index contributed by atoms with van der Waals surface area (Å²) >= 11 is 0. The van der Waals surface area contributed by atoms with Crippen molar-refractivity contribution in [2.24, 2.45) is 0 Å². The van der Waals surface area contributed by atoms with Crippen LogP contribution in [0, 0.1) is 0 Å². The maximum Gasteiger partial charge on any atom is 0.220 e. The largest absolute Gasteiger partial charge is 0.394 e. The number of hydrogen-bond acceptors (Lipinski definition) is 4. The first-order valence-electron chi connectivity index (χ1n) is 17.9. The van der Waals surface area contributed by atoms with Crippen LogP contribution in [0.15, 0.2) is 85.1 Å². The fourth-order valence-corrected chi connectivity index (χ4v) is 4.69. The SMILES string of the molecule is CC/C=C\CC(O)/C=C/C=C/C/C=C\C/C=C\C/C=C\CCC(=O)N[C@@H](CO)[C@H](O)/C=C/CCCCCCCCCCCCC. The lowest BCUT2D eigenvalue weighted by Gasteiger charge is -2.19. The van der Waals surface area contributed by atoms with Crippen molar-refractivity contribution >= 4 is 5.91 Å². The van der Waals surface area contributed by atoms with Gasteiger partial charge in [-0.3, -0.25) is 4.79 Å². The summed E-state index contributed by atoms with van der Waals surface area (Å²) < 4.78 is 0. The minimum atomic E-state index is -0.883. The molecule has 0 saturated heterocycles. The first-order chi connectivity index (χ1) is 22.0. The van der Waals surface area contributed by atoms with Crippen LogP contribution in [0.5, 0.6) is 0 Å². The van der Waals surface area contributed by atoms with Gasteiger partial charge in [-0.2, -0.15) is 0 Å². The number of carbonyl (C=O) groups is 1. The molecule has 1 unspecified atom stereocenters. The molecule has 0 heterocycles. The number of unbranched alkanes of at least 4 members (excludes halogenated alkanes) is 11. The van der Waals surface area contributed by atoms with E-state index < -0.39 is 18.2 Å². The van der Waals surface area contributed by atoms with Crippen molar-refractivity contribution in [2.75, 3.05) is 6.61 Å². The molecule has 0 aliphatic carbocycles. The highest BCUT2D eigenvalue weighted by Crippen LogP contribution is 2.12. The van der Waals surface area contributed by atoms with E-state index in [0.29, 0.717) is 19.3 Å². The molecule has 0 aliphatic heterocycles. The Morgan fingerprint density at radius 3 is 1.80 bits per heavy atom. The van der Waals surface area contributed by atoms with Gasteiger partial charge in [-0.15, -0.1) is 0 Å². The van der Waals surface area contributed by atoms with Crippen LogP contribution in [0.4, 0.5) is 0 Å². The number of nitrogens with one attached hydrogen (secondary N) is 1. The van der Waals surface area contributed by atoms with Crippen molar-refractivity contribution in [3.63, 3.8) is 0 Å². The number of aliphatic hydroxyl groups is 3. The van der Waals surface area contributed by atoms with E-state index in [2.05, 4.69) is 55.6 Å². The fraction of sp³-hybridized carbons (Fsp3) is 0.625. The van der Waals surface area contributed by atoms with Gasteiger partial charge in [0.15, 0.2) is 0 Å². The molecular formula is C40H67NO4. The molecule has 0 fully saturated rings. The zero-order valence-corrected chi connectivity index (χ0v) is 28.7. The van der Waals surface area contributed by atoms with Gasteiger partial charge in [-0.05, 0) is 51.4 Å². The predicted octanol–water partition coefficient (Wildman–Crippen LogP) is 9.53. The van der Waals surface area contributed by atoms with Gasteiger partial charge in [0.25, 0.3) is 0 Å². The van der Waals surface area contributed by atoms with Crippen LogP contribution in [0.25, 0.3) is 0 Å². The van der Waals surface area contributed by atoms with Gasteiger partial charge in [-0.1, -0.05) is 163 Å². The maximum atomic E-state index is 12.3. The van der Waals surface area contributed by atoms with E-state index >= 15 is 0 Å². The van der Waals surface area contributed by atoms with E-state index in [0.717, 1.165) is 38.5 Å². The summed E-state index contributed by atoms with van der Waals surface area (Å²) in [6, 6.07) is -0.677. The Balaban J connectivity index is 3.89. The van der Waals surface area contributed by atoms with E-state index in [1.807, 2.05) is 36.5 Å². The summed E-state index contributed by atoms with van der Waals surface area (Å²) in [7, 11) is 0. The van der Waals surface area contributed by atoms with Gasteiger partial charge >= 0.3 is 0 Å². The van der Waals surface area contributed by atoms with Crippen LogP contribution in [-0.4, -0.2) is 46.1 Å². The normalized spacial score (nSPS) is 14.9. The zero-order chi connectivity index (χ0) is 33.1. The molecule has 0 saturated carbocycles. The first kappa shape index (κ1) is 42.5. The van der Waals surface area contributed by atoms with Crippen molar-refractivity contribution in [3.05, 3.63) is 85.1 Å². The second-order valence-electron chi connectivity index (χ2n) is 11.8. The van der Waals surface area contributed by atoms with Crippen LogP contribution in [-0.2, 0) is 4.79 Å². The first-order valence-corrected chi connectivity index (χ1v) is 17.9. The Kier molecular flexibility index (Phi) is 32.5. The van der Waals surface area contributed by atoms with Crippen LogP contribution in [0.3, 0.4) is 0 Å². The van der Waals surface area contributed by atoms with Gasteiger partial charge in [-0.25, -0.2) is 0 Å². The molecule has 0 bridgehead atoms. The number of rotatable bonds is 30.